The normalized spacial score (nSPS) is 17.1. The highest BCUT2D eigenvalue weighted by atomic mass is 32.2. The van der Waals surface area contributed by atoms with Crippen molar-refractivity contribution in [2.45, 2.75) is 4.90 Å². The number of benzene rings is 2. The molecule has 0 atom stereocenters. The molecule has 2 N–H and O–H groups in total. The highest BCUT2D eigenvalue weighted by Gasteiger charge is 2.27. The van der Waals surface area contributed by atoms with Crippen molar-refractivity contribution < 1.29 is 19.1 Å². The molecular weight excluding hydrogens is 419 g/mol. The number of piperazine rings is 1. The molecule has 0 spiro atoms. The van der Waals surface area contributed by atoms with Gasteiger partial charge in [0.15, 0.2) is 0 Å². The van der Waals surface area contributed by atoms with E-state index in [9.17, 15) is 9.18 Å². The minimum Gasteiger partial charge on any atom is -0.378 e. The monoisotopic (exact) mass is 446 g/mol. The molecule has 0 unspecified atom stereocenters. The summed E-state index contributed by atoms with van der Waals surface area (Å²) in [5.41, 5.74) is 4.40. The summed E-state index contributed by atoms with van der Waals surface area (Å²) in [7, 11) is 0. The van der Waals surface area contributed by atoms with Crippen molar-refractivity contribution in [3.63, 3.8) is 0 Å². The first kappa shape index (κ1) is 21.7. The third-order valence-corrected chi connectivity index (χ3v) is 6.50. The molecule has 2 aromatic rings. The number of carbonyl (C=O) groups is 1. The van der Waals surface area contributed by atoms with Crippen molar-refractivity contribution in [3.8, 4) is 0 Å². The van der Waals surface area contributed by atoms with Gasteiger partial charge in [-0.15, -0.1) is 11.8 Å². The van der Waals surface area contributed by atoms with Crippen molar-refractivity contribution in [1.82, 2.24) is 4.90 Å². The largest absolute Gasteiger partial charge is 0.378 e. The van der Waals surface area contributed by atoms with Gasteiger partial charge < -0.3 is 19.4 Å². The van der Waals surface area contributed by atoms with Crippen LogP contribution in [-0.2, 0) is 4.74 Å². The molecule has 4 rings (SSSR count). The summed E-state index contributed by atoms with van der Waals surface area (Å²) >= 11 is 1.62. The standard InChI is InChI=1S/C22H27FN4O3S/c1-31-17-3-5-20(26-10-12-30-13-11-26)18(15-17)22(28)27-8-6-25(7-9-27)21-4-2-16(24-29)14-19(21)23/h2-5,14-15,24,29H,6-13H2,1H3. The lowest BCUT2D eigenvalue weighted by atomic mass is 10.1. The van der Waals surface area contributed by atoms with Gasteiger partial charge in [0.2, 0.25) is 0 Å². The van der Waals surface area contributed by atoms with Crippen molar-refractivity contribution in [1.29, 1.82) is 0 Å². The zero-order valence-corrected chi connectivity index (χ0v) is 18.3. The van der Waals surface area contributed by atoms with Crippen LogP contribution in [0.15, 0.2) is 41.3 Å². The summed E-state index contributed by atoms with van der Waals surface area (Å²) in [6.07, 6.45) is 2.00. The summed E-state index contributed by atoms with van der Waals surface area (Å²) in [4.78, 5) is 20.5. The molecule has 0 aliphatic carbocycles. The molecular formula is C22H27FN4O3S. The number of amides is 1. The van der Waals surface area contributed by atoms with Gasteiger partial charge in [-0.25, -0.2) is 4.39 Å². The fraction of sp³-hybridized carbons (Fsp3) is 0.409. The average molecular weight is 447 g/mol. The van der Waals surface area contributed by atoms with E-state index < -0.39 is 5.82 Å². The maximum Gasteiger partial charge on any atom is 0.256 e. The van der Waals surface area contributed by atoms with E-state index in [4.69, 9.17) is 9.94 Å². The summed E-state index contributed by atoms with van der Waals surface area (Å²) in [5.74, 6) is -0.390. The van der Waals surface area contributed by atoms with Crippen LogP contribution in [0.25, 0.3) is 0 Å². The Morgan fingerprint density at radius 1 is 1.00 bits per heavy atom. The second-order valence-electron chi connectivity index (χ2n) is 7.54. The number of anilines is 3. The third-order valence-electron chi connectivity index (χ3n) is 5.77. The number of carbonyl (C=O) groups excluding carboxylic acids is 1. The van der Waals surface area contributed by atoms with Gasteiger partial charge in [-0.3, -0.25) is 15.5 Å². The van der Waals surface area contributed by atoms with E-state index in [1.807, 2.05) is 33.7 Å². The van der Waals surface area contributed by atoms with Crippen LogP contribution in [0.5, 0.6) is 0 Å². The molecule has 2 saturated heterocycles. The van der Waals surface area contributed by atoms with E-state index in [1.165, 1.54) is 6.07 Å². The van der Waals surface area contributed by atoms with Gasteiger partial charge in [0.1, 0.15) is 5.82 Å². The van der Waals surface area contributed by atoms with Crippen LogP contribution in [0.3, 0.4) is 0 Å². The topological polar surface area (TPSA) is 68.3 Å². The van der Waals surface area contributed by atoms with Gasteiger partial charge in [-0.05, 0) is 36.6 Å². The number of nitrogens with zero attached hydrogens (tertiary/aromatic N) is 3. The highest BCUT2D eigenvalue weighted by molar-refractivity contribution is 7.98. The van der Waals surface area contributed by atoms with Crippen LogP contribution in [-0.4, -0.2) is 74.8 Å². The fourth-order valence-corrected chi connectivity index (χ4v) is 4.49. The SMILES string of the molecule is CSc1ccc(N2CCOCC2)c(C(=O)N2CCN(c3ccc(NO)cc3F)CC2)c1. The van der Waals surface area contributed by atoms with Gasteiger partial charge in [0.25, 0.3) is 5.91 Å². The van der Waals surface area contributed by atoms with E-state index in [2.05, 4.69) is 11.0 Å². The maximum absolute atomic E-state index is 14.4. The minimum atomic E-state index is -0.402. The first-order chi connectivity index (χ1) is 15.1. The van der Waals surface area contributed by atoms with Gasteiger partial charge in [-0.1, -0.05) is 0 Å². The van der Waals surface area contributed by atoms with Crippen LogP contribution >= 0.6 is 11.8 Å². The predicted molar refractivity (Wildman–Crippen MR) is 121 cm³/mol. The lowest BCUT2D eigenvalue weighted by Gasteiger charge is -2.37. The Hall–Kier alpha value is -2.49. The molecule has 2 aliphatic rings. The Morgan fingerprint density at radius 3 is 2.32 bits per heavy atom. The second-order valence-corrected chi connectivity index (χ2v) is 8.42. The van der Waals surface area contributed by atoms with Crippen LogP contribution in [0.2, 0.25) is 0 Å². The molecule has 2 heterocycles. The Kier molecular flexibility index (Phi) is 6.84. The Morgan fingerprint density at radius 2 is 1.68 bits per heavy atom. The third kappa shape index (κ3) is 4.73. The molecule has 166 valence electrons. The van der Waals surface area contributed by atoms with Crippen molar-refractivity contribution in [2.24, 2.45) is 0 Å². The number of halogens is 1. The summed E-state index contributed by atoms with van der Waals surface area (Å²) < 4.78 is 19.9. The molecule has 2 fully saturated rings. The van der Waals surface area contributed by atoms with Gasteiger partial charge in [0, 0.05) is 55.9 Å². The number of morpholine rings is 1. The van der Waals surface area contributed by atoms with Crippen molar-refractivity contribution in [2.75, 3.05) is 74.0 Å². The number of hydrogen-bond acceptors (Lipinski definition) is 7. The Labute approximate surface area is 185 Å². The van der Waals surface area contributed by atoms with Gasteiger partial charge in [-0.2, -0.15) is 0 Å². The highest BCUT2D eigenvalue weighted by Crippen LogP contribution is 2.29. The fourth-order valence-electron chi connectivity index (χ4n) is 4.05. The quantitative estimate of drug-likeness (QED) is 0.540. The Balaban J connectivity index is 1.49. The van der Waals surface area contributed by atoms with Gasteiger partial charge >= 0.3 is 0 Å². The second kappa shape index (κ2) is 9.76. The van der Waals surface area contributed by atoms with Crippen LogP contribution in [0.4, 0.5) is 21.5 Å². The summed E-state index contributed by atoms with van der Waals surface area (Å²) in [6.45, 7) is 4.98. The Bertz CT molecular complexity index is 931. The molecule has 9 heteroatoms. The smallest absolute Gasteiger partial charge is 0.256 e. The van der Waals surface area contributed by atoms with E-state index >= 15 is 0 Å². The molecule has 2 aliphatic heterocycles. The lowest BCUT2D eigenvalue weighted by molar-refractivity contribution is 0.0745. The van der Waals surface area contributed by atoms with Crippen LogP contribution in [0, 0.1) is 5.82 Å². The number of nitrogens with one attached hydrogen (secondary N) is 1. The zero-order valence-electron chi connectivity index (χ0n) is 17.5. The molecule has 0 aromatic heterocycles. The molecule has 0 radical (unpaired) electrons. The molecule has 7 nitrogen and oxygen atoms in total. The number of ether oxygens (including phenoxy) is 1. The lowest BCUT2D eigenvalue weighted by Crippen LogP contribution is -2.49. The molecule has 0 saturated carbocycles. The van der Waals surface area contributed by atoms with E-state index in [0.29, 0.717) is 56.3 Å². The summed E-state index contributed by atoms with van der Waals surface area (Å²) in [5, 5.41) is 8.93. The van der Waals surface area contributed by atoms with Crippen molar-refractivity contribution in [3.05, 3.63) is 47.8 Å². The van der Waals surface area contributed by atoms with Crippen LogP contribution < -0.4 is 15.3 Å². The minimum absolute atomic E-state index is 0.0114. The predicted octanol–water partition coefficient (Wildman–Crippen LogP) is 3.15. The molecule has 2 aromatic carbocycles. The first-order valence-electron chi connectivity index (χ1n) is 10.4. The first-order valence-corrected chi connectivity index (χ1v) is 11.6. The number of rotatable bonds is 5. The van der Waals surface area contributed by atoms with E-state index in [1.54, 1.807) is 23.9 Å². The number of hydrogen-bond donors (Lipinski definition) is 2. The van der Waals surface area contributed by atoms with Crippen LogP contribution in [0.1, 0.15) is 10.4 Å². The molecule has 0 bridgehead atoms. The van der Waals surface area contributed by atoms with Crippen molar-refractivity contribution >= 4 is 34.7 Å². The molecule has 1 amide bonds. The van der Waals surface area contributed by atoms with Gasteiger partial charge in [0.05, 0.1) is 30.2 Å². The number of thioether (sulfide) groups is 1. The molecule has 31 heavy (non-hydrogen) atoms. The average Bonchev–Trinajstić information content (AvgIpc) is 2.83. The zero-order chi connectivity index (χ0) is 21.8. The summed E-state index contributed by atoms with van der Waals surface area (Å²) in [6, 6.07) is 10.6. The van der Waals surface area contributed by atoms with E-state index in [0.717, 1.165) is 23.7 Å². The van der Waals surface area contributed by atoms with E-state index in [-0.39, 0.29) is 5.91 Å². The maximum atomic E-state index is 14.4.